The first-order valence-electron chi connectivity index (χ1n) is 7.01. The Morgan fingerprint density at radius 1 is 1.48 bits per heavy atom. The third kappa shape index (κ3) is 7.32. The van der Waals surface area contributed by atoms with Crippen LogP contribution in [0.2, 0.25) is 5.02 Å². The number of carboxylic acids is 1. The van der Waals surface area contributed by atoms with Crippen LogP contribution >= 0.6 is 11.6 Å². The van der Waals surface area contributed by atoms with Crippen molar-refractivity contribution >= 4 is 23.3 Å². The number of nitrogens with zero attached hydrogens (tertiary/aromatic N) is 1. The van der Waals surface area contributed by atoms with Gasteiger partial charge in [-0.3, -0.25) is 4.79 Å². The van der Waals surface area contributed by atoms with E-state index in [2.05, 4.69) is 6.92 Å². The van der Waals surface area contributed by atoms with Gasteiger partial charge >= 0.3 is 5.97 Å². The summed E-state index contributed by atoms with van der Waals surface area (Å²) >= 11 is 5.92. The fraction of sp³-hybridized carbons (Fsp3) is 0.533. The number of aliphatic hydroxyl groups excluding tert-OH is 1. The Hall–Kier alpha value is -1.30. The van der Waals surface area contributed by atoms with Crippen molar-refractivity contribution in [2.24, 2.45) is 0 Å². The minimum Gasteiger partial charge on any atom is -0.480 e. The number of unbranched alkanes of at least 4 members (excludes halogenated alkanes) is 1. The molecule has 0 saturated heterocycles. The number of hydrogen-bond donors (Lipinski definition) is 2. The maximum absolute atomic E-state index is 11.0. The SMILES string of the molecule is CCCCOCC(O)CN(CC(=O)O)c1cccc(Cl)c1. The highest BCUT2D eigenvalue weighted by Crippen LogP contribution is 2.19. The Morgan fingerprint density at radius 3 is 2.86 bits per heavy atom. The van der Waals surface area contributed by atoms with E-state index in [0.29, 0.717) is 17.3 Å². The number of ether oxygens (including phenoxy) is 1. The van der Waals surface area contributed by atoms with Crippen LogP contribution in [0.25, 0.3) is 0 Å². The molecule has 0 aliphatic rings. The van der Waals surface area contributed by atoms with Crippen molar-refractivity contribution in [3.63, 3.8) is 0 Å². The standard InChI is InChI=1S/C15H22ClNO4/c1-2-3-7-21-11-14(18)9-17(10-15(19)20)13-6-4-5-12(16)8-13/h4-6,8,14,18H,2-3,7,9-11H2,1H3,(H,19,20). The van der Waals surface area contributed by atoms with Crippen LogP contribution < -0.4 is 4.90 Å². The summed E-state index contributed by atoms with van der Waals surface area (Å²) in [5, 5.41) is 19.5. The molecule has 0 bridgehead atoms. The highest BCUT2D eigenvalue weighted by Gasteiger charge is 2.16. The van der Waals surface area contributed by atoms with Gasteiger partial charge in [-0.05, 0) is 24.6 Å². The predicted molar refractivity (Wildman–Crippen MR) is 83.0 cm³/mol. The van der Waals surface area contributed by atoms with Crippen LogP contribution in [0.5, 0.6) is 0 Å². The zero-order valence-corrected chi connectivity index (χ0v) is 12.9. The Kier molecular flexibility index (Phi) is 8.12. The Balaban J connectivity index is 2.59. The van der Waals surface area contributed by atoms with E-state index >= 15 is 0 Å². The second-order valence-electron chi connectivity index (χ2n) is 4.84. The smallest absolute Gasteiger partial charge is 0.323 e. The third-order valence-corrected chi connectivity index (χ3v) is 3.12. The lowest BCUT2D eigenvalue weighted by Crippen LogP contribution is -2.38. The van der Waals surface area contributed by atoms with Gasteiger partial charge in [-0.1, -0.05) is 31.0 Å². The molecule has 6 heteroatoms. The van der Waals surface area contributed by atoms with E-state index in [0.717, 1.165) is 12.8 Å². The fourth-order valence-corrected chi connectivity index (χ4v) is 2.05. The molecular formula is C15H22ClNO4. The van der Waals surface area contributed by atoms with E-state index in [4.69, 9.17) is 21.4 Å². The van der Waals surface area contributed by atoms with Gasteiger partial charge in [0.25, 0.3) is 0 Å². The van der Waals surface area contributed by atoms with E-state index in [1.807, 2.05) is 0 Å². The quantitative estimate of drug-likeness (QED) is 0.649. The van der Waals surface area contributed by atoms with Crippen LogP contribution in [0.15, 0.2) is 24.3 Å². The molecule has 1 aromatic carbocycles. The first kappa shape index (κ1) is 17.8. The van der Waals surface area contributed by atoms with E-state index in [1.165, 1.54) is 0 Å². The zero-order valence-electron chi connectivity index (χ0n) is 12.2. The van der Waals surface area contributed by atoms with Gasteiger partial charge in [0.15, 0.2) is 0 Å². The van der Waals surface area contributed by atoms with Gasteiger partial charge in [0.2, 0.25) is 0 Å². The average Bonchev–Trinajstić information content (AvgIpc) is 2.42. The van der Waals surface area contributed by atoms with Crippen LogP contribution in [-0.2, 0) is 9.53 Å². The maximum atomic E-state index is 11.0. The molecule has 1 atom stereocenters. The first-order chi connectivity index (χ1) is 10.0. The van der Waals surface area contributed by atoms with Gasteiger partial charge < -0.3 is 19.8 Å². The molecule has 0 aromatic heterocycles. The predicted octanol–water partition coefficient (Wildman–Crippen LogP) is 2.41. The molecule has 5 nitrogen and oxygen atoms in total. The second kappa shape index (κ2) is 9.60. The number of benzene rings is 1. The Morgan fingerprint density at radius 2 is 2.24 bits per heavy atom. The average molecular weight is 316 g/mol. The van der Waals surface area contributed by atoms with Gasteiger partial charge in [0.1, 0.15) is 6.54 Å². The molecule has 2 N–H and O–H groups in total. The molecule has 0 saturated carbocycles. The molecule has 0 aliphatic carbocycles. The molecule has 118 valence electrons. The normalized spacial score (nSPS) is 12.1. The fourth-order valence-electron chi connectivity index (χ4n) is 1.87. The van der Waals surface area contributed by atoms with Crippen LogP contribution in [0.1, 0.15) is 19.8 Å². The number of carboxylic acid groups (broad SMARTS) is 1. The Bertz CT molecular complexity index is 441. The molecule has 0 fully saturated rings. The third-order valence-electron chi connectivity index (χ3n) is 2.88. The molecule has 0 radical (unpaired) electrons. The first-order valence-corrected chi connectivity index (χ1v) is 7.38. The van der Waals surface area contributed by atoms with Crippen molar-refractivity contribution < 1.29 is 19.7 Å². The molecular weight excluding hydrogens is 294 g/mol. The van der Waals surface area contributed by atoms with Crippen LogP contribution in [0.3, 0.4) is 0 Å². The summed E-state index contributed by atoms with van der Waals surface area (Å²) in [5.41, 5.74) is 0.664. The lowest BCUT2D eigenvalue weighted by Gasteiger charge is -2.25. The number of aliphatic hydroxyl groups is 1. The topological polar surface area (TPSA) is 70.0 Å². The number of carbonyl (C=O) groups is 1. The molecule has 1 unspecified atom stereocenters. The molecule has 0 aliphatic heterocycles. The maximum Gasteiger partial charge on any atom is 0.323 e. The lowest BCUT2D eigenvalue weighted by molar-refractivity contribution is -0.135. The lowest BCUT2D eigenvalue weighted by atomic mass is 10.2. The highest BCUT2D eigenvalue weighted by atomic mass is 35.5. The number of hydrogen-bond acceptors (Lipinski definition) is 4. The van der Waals surface area contributed by atoms with Crippen molar-refractivity contribution in [3.05, 3.63) is 29.3 Å². The van der Waals surface area contributed by atoms with Gasteiger partial charge in [-0.15, -0.1) is 0 Å². The van der Waals surface area contributed by atoms with Crippen LogP contribution in [-0.4, -0.2) is 48.6 Å². The number of halogens is 1. The largest absolute Gasteiger partial charge is 0.480 e. The number of rotatable bonds is 10. The minimum atomic E-state index is -0.964. The zero-order chi connectivity index (χ0) is 15.7. The van der Waals surface area contributed by atoms with Gasteiger partial charge in [-0.2, -0.15) is 0 Å². The van der Waals surface area contributed by atoms with Gasteiger partial charge in [0.05, 0.1) is 12.7 Å². The number of aliphatic carboxylic acids is 1. The molecule has 0 spiro atoms. The van der Waals surface area contributed by atoms with E-state index in [-0.39, 0.29) is 19.7 Å². The molecule has 1 aromatic rings. The summed E-state index contributed by atoms with van der Waals surface area (Å²) < 4.78 is 5.35. The monoisotopic (exact) mass is 315 g/mol. The van der Waals surface area contributed by atoms with Gasteiger partial charge in [0, 0.05) is 23.9 Å². The molecule has 21 heavy (non-hydrogen) atoms. The summed E-state index contributed by atoms with van der Waals surface area (Å²) in [7, 11) is 0. The van der Waals surface area contributed by atoms with Crippen molar-refractivity contribution in [3.8, 4) is 0 Å². The number of anilines is 1. The summed E-state index contributed by atoms with van der Waals surface area (Å²) in [6.45, 7) is 2.83. The van der Waals surface area contributed by atoms with Gasteiger partial charge in [-0.25, -0.2) is 0 Å². The summed E-state index contributed by atoms with van der Waals surface area (Å²) in [6.07, 6.45) is 1.23. The summed E-state index contributed by atoms with van der Waals surface area (Å²) in [4.78, 5) is 12.5. The molecule has 0 amide bonds. The summed E-state index contributed by atoms with van der Waals surface area (Å²) in [6, 6.07) is 6.90. The Labute approximate surface area is 130 Å². The molecule has 1 rings (SSSR count). The summed E-state index contributed by atoms with van der Waals surface area (Å²) in [5.74, 6) is -0.964. The second-order valence-corrected chi connectivity index (χ2v) is 5.27. The van der Waals surface area contributed by atoms with E-state index < -0.39 is 12.1 Å². The van der Waals surface area contributed by atoms with E-state index in [9.17, 15) is 9.90 Å². The van der Waals surface area contributed by atoms with Crippen molar-refractivity contribution in [2.45, 2.75) is 25.9 Å². The van der Waals surface area contributed by atoms with Crippen molar-refractivity contribution in [1.29, 1.82) is 0 Å². The van der Waals surface area contributed by atoms with Crippen LogP contribution in [0, 0.1) is 0 Å². The highest BCUT2D eigenvalue weighted by molar-refractivity contribution is 6.30. The molecule has 0 heterocycles. The van der Waals surface area contributed by atoms with Crippen molar-refractivity contribution in [1.82, 2.24) is 0 Å². The van der Waals surface area contributed by atoms with Crippen molar-refractivity contribution in [2.75, 3.05) is 31.2 Å². The van der Waals surface area contributed by atoms with Crippen LogP contribution in [0.4, 0.5) is 5.69 Å². The van der Waals surface area contributed by atoms with E-state index in [1.54, 1.807) is 29.2 Å². The minimum absolute atomic E-state index is 0.179.